The highest BCUT2D eigenvalue weighted by molar-refractivity contribution is 7.87. The van der Waals surface area contributed by atoms with Gasteiger partial charge >= 0.3 is 0 Å². The van der Waals surface area contributed by atoms with E-state index in [1.807, 2.05) is 20.8 Å². The normalized spacial score (nSPS) is 27.2. The summed E-state index contributed by atoms with van der Waals surface area (Å²) in [5.41, 5.74) is 0. The Hall–Kier alpha value is -0.210. The van der Waals surface area contributed by atoms with Gasteiger partial charge < -0.3 is 10.1 Å². The van der Waals surface area contributed by atoms with Crippen molar-refractivity contribution in [2.75, 3.05) is 32.7 Å². The highest BCUT2D eigenvalue weighted by Crippen LogP contribution is 2.13. The number of nitrogens with one attached hydrogen (secondary N) is 2. The second-order valence-electron chi connectivity index (χ2n) is 4.33. The molecule has 1 rings (SSSR count). The molecule has 17 heavy (non-hydrogen) atoms. The van der Waals surface area contributed by atoms with Gasteiger partial charge in [-0.05, 0) is 20.4 Å². The minimum atomic E-state index is -3.37. The maximum atomic E-state index is 12.0. The molecule has 0 saturated carbocycles. The third-order valence-electron chi connectivity index (χ3n) is 2.56. The number of hydrogen-bond donors (Lipinski definition) is 2. The standard InChI is InChI=1S/C10H23N3O3S/c1-4-11-5-6-12-17(14,15)13-7-9(2)16-10(3)8-13/h9-12H,4-8H2,1-3H3. The predicted molar refractivity (Wildman–Crippen MR) is 67.0 cm³/mol. The van der Waals surface area contributed by atoms with E-state index in [-0.39, 0.29) is 12.2 Å². The third-order valence-corrected chi connectivity index (χ3v) is 4.11. The molecule has 0 amide bonds. The second-order valence-corrected chi connectivity index (χ2v) is 6.08. The van der Waals surface area contributed by atoms with Crippen molar-refractivity contribution in [3.8, 4) is 0 Å². The Morgan fingerprint density at radius 3 is 2.35 bits per heavy atom. The van der Waals surface area contributed by atoms with Gasteiger partial charge in [0.2, 0.25) is 0 Å². The van der Waals surface area contributed by atoms with Crippen molar-refractivity contribution in [1.29, 1.82) is 0 Å². The average Bonchev–Trinajstić information content (AvgIpc) is 2.23. The lowest BCUT2D eigenvalue weighted by Crippen LogP contribution is -2.52. The fraction of sp³-hybridized carbons (Fsp3) is 1.00. The maximum Gasteiger partial charge on any atom is 0.279 e. The lowest BCUT2D eigenvalue weighted by molar-refractivity contribution is -0.0443. The van der Waals surface area contributed by atoms with Crippen molar-refractivity contribution in [3.63, 3.8) is 0 Å². The first-order chi connectivity index (χ1) is 7.95. The van der Waals surface area contributed by atoms with E-state index in [0.29, 0.717) is 26.2 Å². The molecule has 7 heteroatoms. The molecular weight excluding hydrogens is 242 g/mol. The summed E-state index contributed by atoms with van der Waals surface area (Å²) in [7, 11) is -3.37. The van der Waals surface area contributed by atoms with E-state index >= 15 is 0 Å². The molecule has 0 spiro atoms. The first kappa shape index (κ1) is 14.8. The molecule has 0 aromatic carbocycles. The Balaban J connectivity index is 2.45. The quantitative estimate of drug-likeness (QED) is 0.638. The van der Waals surface area contributed by atoms with Crippen LogP contribution in [-0.2, 0) is 14.9 Å². The van der Waals surface area contributed by atoms with E-state index in [1.54, 1.807) is 0 Å². The maximum absolute atomic E-state index is 12.0. The van der Waals surface area contributed by atoms with Gasteiger partial charge in [-0.25, -0.2) is 4.72 Å². The summed E-state index contributed by atoms with van der Waals surface area (Å²) in [5, 5.41) is 3.07. The van der Waals surface area contributed by atoms with Crippen LogP contribution in [0.5, 0.6) is 0 Å². The molecule has 2 atom stereocenters. The number of morpholine rings is 1. The van der Waals surface area contributed by atoms with Gasteiger partial charge in [-0.3, -0.25) is 0 Å². The zero-order valence-electron chi connectivity index (χ0n) is 10.8. The molecule has 0 aromatic rings. The average molecular weight is 265 g/mol. The molecular formula is C10H23N3O3S. The Kier molecular flexibility index (Phi) is 5.81. The highest BCUT2D eigenvalue weighted by Gasteiger charge is 2.30. The molecule has 1 saturated heterocycles. The molecule has 0 radical (unpaired) electrons. The van der Waals surface area contributed by atoms with Crippen molar-refractivity contribution in [3.05, 3.63) is 0 Å². The summed E-state index contributed by atoms with van der Waals surface area (Å²) in [6, 6.07) is 0. The molecule has 2 N–H and O–H groups in total. The SMILES string of the molecule is CCNCCNS(=O)(=O)N1CC(C)OC(C)C1. The van der Waals surface area contributed by atoms with Crippen LogP contribution in [0.25, 0.3) is 0 Å². The minimum Gasteiger partial charge on any atom is -0.373 e. The Bertz CT molecular complexity index is 311. The molecule has 1 aliphatic rings. The lowest BCUT2D eigenvalue weighted by Gasteiger charge is -2.34. The van der Waals surface area contributed by atoms with Gasteiger partial charge in [0.25, 0.3) is 10.2 Å². The summed E-state index contributed by atoms with van der Waals surface area (Å²) in [4.78, 5) is 0. The first-order valence-electron chi connectivity index (χ1n) is 6.06. The van der Waals surface area contributed by atoms with Gasteiger partial charge in [0.15, 0.2) is 0 Å². The van der Waals surface area contributed by atoms with Gasteiger partial charge in [-0.2, -0.15) is 12.7 Å². The minimum absolute atomic E-state index is 0.0518. The summed E-state index contributed by atoms with van der Waals surface area (Å²) >= 11 is 0. The van der Waals surface area contributed by atoms with E-state index in [0.717, 1.165) is 6.54 Å². The zero-order valence-corrected chi connectivity index (χ0v) is 11.6. The van der Waals surface area contributed by atoms with Gasteiger partial charge in [-0.15, -0.1) is 0 Å². The number of likely N-dealkylation sites (N-methyl/N-ethyl adjacent to an activating group) is 1. The second kappa shape index (κ2) is 6.65. The third kappa shape index (κ3) is 4.89. The van der Waals surface area contributed by atoms with E-state index in [2.05, 4.69) is 10.0 Å². The Labute approximate surface area is 104 Å². The molecule has 0 bridgehead atoms. The molecule has 102 valence electrons. The van der Waals surface area contributed by atoms with Crippen LogP contribution in [-0.4, -0.2) is 57.7 Å². The van der Waals surface area contributed by atoms with E-state index in [4.69, 9.17) is 4.74 Å². The van der Waals surface area contributed by atoms with Crippen molar-refractivity contribution < 1.29 is 13.2 Å². The molecule has 1 aliphatic heterocycles. The smallest absolute Gasteiger partial charge is 0.279 e. The van der Waals surface area contributed by atoms with Crippen molar-refractivity contribution in [1.82, 2.24) is 14.3 Å². The number of rotatable bonds is 6. The summed E-state index contributed by atoms with van der Waals surface area (Å²) in [6.07, 6.45) is -0.104. The number of hydrogen-bond acceptors (Lipinski definition) is 4. The molecule has 1 fully saturated rings. The fourth-order valence-corrected chi connectivity index (χ4v) is 3.22. The van der Waals surface area contributed by atoms with Crippen LogP contribution in [0, 0.1) is 0 Å². The molecule has 0 aromatic heterocycles. The fourth-order valence-electron chi connectivity index (χ4n) is 1.86. The summed E-state index contributed by atoms with van der Waals surface area (Å²) in [5.74, 6) is 0. The molecule has 0 aliphatic carbocycles. The van der Waals surface area contributed by atoms with Gasteiger partial charge in [0.1, 0.15) is 0 Å². The predicted octanol–water partition coefficient (Wildman–Crippen LogP) is -0.460. The molecule has 2 unspecified atom stereocenters. The largest absolute Gasteiger partial charge is 0.373 e. The van der Waals surface area contributed by atoms with Crippen LogP contribution in [0.3, 0.4) is 0 Å². The topological polar surface area (TPSA) is 70.7 Å². The van der Waals surface area contributed by atoms with Gasteiger partial charge in [-0.1, -0.05) is 6.92 Å². The zero-order chi connectivity index (χ0) is 12.9. The van der Waals surface area contributed by atoms with Crippen LogP contribution in [0.15, 0.2) is 0 Å². The summed E-state index contributed by atoms with van der Waals surface area (Å²) in [6.45, 7) is 8.49. The monoisotopic (exact) mass is 265 g/mol. The lowest BCUT2D eigenvalue weighted by atomic mass is 10.3. The summed E-state index contributed by atoms with van der Waals surface area (Å²) < 4.78 is 33.5. The number of nitrogens with zero attached hydrogens (tertiary/aromatic N) is 1. The van der Waals surface area contributed by atoms with E-state index in [9.17, 15) is 8.42 Å². The van der Waals surface area contributed by atoms with Gasteiger partial charge in [0.05, 0.1) is 12.2 Å². The molecule has 6 nitrogen and oxygen atoms in total. The number of ether oxygens (including phenoxy) is 1. The van der Waals surface area contributed by atoms with Crippen molar-refractivity contribution in [2.45, 2.75) is 33.0 Å². The van der Waals surface area contributed by atoms with E-state index in [1.165, 1.54) is 4.31 Å². The highest BCUT2D eigenvalue weighted by atomic mass is 32.2. The van der Waals surface area contributed by atoms with E-state index < -0.39 is 10.2 Å². The molecule has 1 heterocycles. The van der Waals surface area contributed by atoms with Crippen molar-refractivity contribution in [2.24, 2.45) is 0 Å². The van der Waals surface area contributed by atoms with Gasteiger partial charge in [0, 0.05) is 26.2 Å². The van der Waals surface area contributed by atoms with Crippen LogP contribution in [0.4, 0.5) is 0 Å². The van der Waals surface area contributed by atoms with Crippen LogP contribution >= 0.6 is 0 Å². The Morgan fingerprint density at radius 2 is 1.82 bits per heavy atom. The van der Waals surface area contributed by atoms with Crippen LogP contribution in [0.1, 0.15) is 20.8 Å². The first-order valence-corrected chi connectivity index (χ1v) is 7.50. The van der Waals surface area contributed by atoms with Crippen molar-refractivity contribution >= 4 is 10.2 Å². The van der Waals surface area contributed by atoms with Crippen LogP contribution in [0.2, 0.25) is 0 Å². The van der Waals surface area contributed by atoms with Crippen LogP contribution < -0.4 is 10.0 Å². The Morgan fingerprint density at radius 1 is 1.24 bits per heavy atom.